The maximum absolute atomic E-state index is 13.7. The number of aryl methyl sites for hydroxylation is 1. The van der Waals surface area contributed by atoms with E-state index in [1.54, 1.807) is 25.1 Å². The van der Waals surface area contributed by atoms with Crippen molar-refractivity contribution in [3.63, 3.8) is 0 Å². The fourth-order valence-corrected chi connectivity index (χ4v) is 6.27. The highest BCUT2D eigenvalue weighted by molar-refractivity contribution is 5.94. The first kappa shape index (κ1) is 28.7. The molecule has 1 aromatic heterocycles. The molecular formula is C31H39N3O7. The Labute approximate surface area is 240 Å². The van der Waals surface area contributed by atoms with Crippen molar-refractivity contribution in [1.82, 2.24) is 15.2 Å². The van der Waals surface area contributed by atoms with E-state index in [-0.39, 0.29) is 18.2 Å². The normalized spacial score (nSPS) is 29.1. The highest BCUT2D eigenvalue weighted by Gasteiger charge is 2.61. The number of hydrogen-bond donors (Lipinski definition) is 2. The van der Waals surface area contributed by atoms with Crippen LogP contribution in [-0.2, 0) is 14.4 Å². The van der Waals surface area contributed by atoms with Gasteiger partial charge in [0.25, 0.3) is 0 Å². The molecule has 2 aliphatic carbocycles. The Morgan fingerprint density at radius 1 is 1.20 bits per heavy atom. The molecule has 2 N–H and O–H groups in total. The predicted octanol–water partition coefficient (Wildman–Crippen LogP) is 3.88. The lowest BCUT2D eigenvalue weighted by Gasteiger charge is -2.26. The lowest BCUT2D eigenvalue weighted by atomic mass is 9.93. The largest absolute Gasteiger partial charge is 0.496 e. The Hall–Kier alpha value is -3.82. The maximum atomic E-state index is 13.7. The summed E-state index contributed by atoms with van der Waals surface area (Å²) in [4.78, 5) is 45.9. The number of hydrogen-bond acceptors (Lipinski definition) is 7. The summed E-state index contributed by atoms with van der Waals surface area (Å²) in [5, 5.41) is 13.6. The molecule has 1 aromatic carbocycles. The molecule has 2 heterocycles. The van der Waals surface area contributed by atoms with Gasteiger partial charge in [-0.25, -0.2) is 9.78 Å². The average Bonchev–Trinajstić information content (AvgIpc) is 3.48. The second-order valence-electron chi connectivity index (χ2n) is 11.4. The zero-order valence-electron chi connectivity index (χ0n) is 24.1. The number of aromatic nitrogens is 1. The van der Waals surface area contributed by atoms with Crippen LogP contribution >= 0.6 is 0 Å². The van der Waals surface area contributed by atoms with Gasteiger partial charge in [-0.05, 0) is 64.5 Å². The second-order valence-corrected chi connectivity index (χ2v) is 11.4. The summed E-state index contributed by atoms with van der Waals surface area (Å²) in [6.07, 6.45) is 6.97. The van der Waals surface area contributed by atoms with Crippen LogP contribution in [0.4, 0.5) is 0 Å². The molecule has 0 saturated heterocycles. The van der Waals surface area contributed by atoms with Crippen molar-refractivity contribution in [3.8, 4) is 17.4 Å². The molecule has 2 fully saturated rings. The van der Waals surface area contributed by atoms with Crippen LogP contribution in [0.25, 0.3) is 10.9 Å². The number of carboxylic acid groups (broad SMARTS) is 1. The van der Waals surface area contributed by atoms with Crippen molar-refractivity contribution in [2.24, 2.45) is 17.8 Å². The molecule has 5 rings (SSSR count). The topological polar surface area (TPSA) is 127 Å². The second kappa shape index (κ2) is 11.6. The SMILES string of the molecule is CCOc1cc(OC2CC3C(=O)NC4(C(=O)O)CC4/C=C/CCCCN(C)C(=O)C3C2)c2ccc(OC)c(C)c2n1. The number of methoxy groups -OCH3 is 1. The van der Waals surface area contributed by atoms with Gasteiger partial charge >= 0.3 is 5.97 Å². The van der Waals surface area contributed by atoms with Crippen LogP contribution in [0, 0.1) is 24.7 Å². The number of pyridine rings is 1. The summed E-state index contributed by atoms with van der Waals surface area (Å²) in [5.41, 5.74) is 0.214. The number of carbonyl (C=O) groups is 3. The lowest BCUT2D eigenvalue weighted by Crippen LogP contribution is -2.49. The Bertz CT molecular complexity index is 1380. The molecule has 0 radical (unpaired) electrons. The molecule has 2 aromatic rings. The van der Waals surface area contributed by atoms with Gasteiger partial charge in [0.15, 0.2) is 0 Å². The summed E-state index contributed by atoms with van der Waals surface area (Å²) >= 11 is 0. The smallest absolute Gasteiger partial charge is 0.330 e. The van der Waals surface area contributed by atoms with Gasteiger partial charge in [0.05, 0.1) is 31.1 Å². The summed E-state index contributed by atoms with van der Waals surface area (Å²) in [7, 11) is 3.37. The standard InChI is InChI=1S/C31H39N3O7/c1-5-40-26-16-25(21-11-12-24(39-4)18(2)27(21)32-26)41-20-14-22-23(15-20)29(36)34(3)13-9-7-6-8-10-19-17-31(19,30(37)38)33-28(22)35/h8,10-12,16,19-20,22-23H,5-7,9,13-15,17H2,1-4H3,(H,33,35)(H,37,38)/b10-8+. The first-order valence-corrected chi connectivity index (χ1v) is 14.4. The van der Waals surface area contributed by atoms with Crippen molar-refractivity contribution in [3.05, 3.63) is 35.9 Å². The van der Waals surface area contributed by atoms with E-state index in [2.05, 4.69) is 10.3 Å². The number of nitrogens with one attached hydrogen (secondary N) is 1. The van der Waals surface area contributed by atoms with Crippen molar-refractivity contribution < 1.29 is 33.7 Å². The number of carboxylic acids is 1. The minimum absolute atomic E-state index is 0.115. The van der Waals surface area contributed by atoms with Crippen LogP contribution in [-0.4, -0.2) is 71.7 Å². The van der Waals surface area contributed by atoms with E-state index in [0.717, 1.165) is 30.2 Å². The van der Waals surface area contributed by atoms with E-state index >= 15 is 0 Å². The van der Waals surface area contributed by atoms with Gasteiger partial charge in [0.1, 0.15) is 23.1 Å². The number of allylic oxidation sites excluding steroid dienone is 1. The van der Waals surface area contributed by atoms with E-state index in [9.17, 15) is 19.5 Å². The molecular weight excluding hydrogens is 526 g/mol. The number of fused-ring (bicyclic) bond motifs is 3. The maximum Gasteiger partial charge on any atom is 0.330 e. The van der Waals surface area contributed by atoms with Crippen molar-refractivity contribution >= 4 is 28.7 Å². The van der Waals surface area contributed by atoms with Gasteiger partial charge < -0.3 is 29.5 Å². The molecule has 0 bridgehead atoms. The molecule has 5 unspecified atom stereocenters. The molecule has 1 aliphatic heterocycles. The van der Waals surface area contributed by atoms with Gasteiger partial charge in [-0.1, -0.05) is 12.2 Å². The fraction of sp³-hybridized carbons (Fsp3) is 0.548. The van der Waals surface area contributed by atoms with Crippen LogP contribution in [0.3, 0.4) is 0 Å². The highest BCUT2D eigenvalue weighted by Crippen LogP contribution is 2.47. The van der Waals surface area contributed by atoms with Gasteiger partial charge in [-0.2, -0.15) is 0 Å². The molecule has 3 aliphatic rings. The van der Waals surface area contributed by atoms with Crippen molar-refractivity contribution in [2.45, 2.75) is 64.0 Å². The molecule has 2 saturated carbocycles. The van der Waals surface area contributed by atoms with E-state index in [4.69, 9.17) is 14.2 Å². The lowest BCUT2D eigenvalue weighted by molar-refractivity contribution is -0.145. The molecule has 220 valence electrons. The number of amides is 2. The number of nitrogens with zero attached hydrogens (tertiary/aromatic N) is 2. The Balaban J connectivity index is 1.46. The molecule has 41 heavy (non-hydrogen) atoms. The number of benzene rings is 1. The van der Waals surface area contributed by atoms with Gasteiger partial charge in [0.2, 0.25) is 17.7 Å². The van der Waals surface area contributed by atoms with E-state index in [0.29, 0.717) is 48.9 Å². The molecule has 5 atom stereocenters. The van der Waals surface area contributed by atoms with Gasteiger partial charge in [0, 0.05) is 36.5 Å². The van der Waals surface area contributed by atoms with Crippen LogP contribution < -0.4 is 19.5 Å². The highest BCUT2D eigenvalue weighted by atomic mass is 16.5. The summed E-state index contributed by atoms with van der Waals surface area (Å²) in [6.45, 7) is 4.82. The fourth-order valence-electron chi connectivity index (χ4n) is 6.27. The zero-order valence-corrected chi connectivity index (χ0v) is 24.1. The van der Waals surface area contributed by atoms with E-state index in [1.807, 2.05) is 38.1 Å². The third-order valence-electron chi connectivity index (χ3n) is 8.70. The van der Waals surface area contributed by atoms with Crippen LogP contribution in [0.2, 0.25) is 0 Å². The number of aliphatic carboxylic acids is 1. The van der Waals surface area contributed by atoms with E-state index in [1.165, 1.54) is 0 Å². The molecule has 10 nitrogen and oxygen atoms in total. The predicted molar refractivity (Wildman–Crippen MR) is 152 cm³/mol. The van der Waals surface area contributed by atoms with Crippen LogP contribution in [0.1, 0.15) is 51.0 Å². The Morgan fingerprint density at radius 3 is 2.71 bits per heavy atom. The summed E-state index contributed by atoms with van der Waals surface area (Å²) in [5.74, 6) is -1.49. The zero-order chi connectivity index (χ0) is 29.3. The van der Waals surface area contributed by atoms with Crippen molar-refractivity contribution in [2.75, 3.05) is 27.3 Å². The summed E-state index contributed by atoms with van der Waals surface area (Å²) in [6, 6.07) is 5.48. The van der Waals surface area contributed by atoms with Gasteiger partial charge in [-0.15, -0.1) is 0 Å². The Kier molecular flexibility index (Phi) is 8.11. The first-order chi connectivity index (χ1) is 19.7. The quantitative estimate of drug-likeness (QED) is 0.505. The van der Waals surface area contributed by atoms with Crippen LogP contribution in [0.5, 0.6) is 17.4 Å². The summed E-state index contributed by atoms with van der Waals surface area (Å²) < 4.78 is 17.7. The third kappa shape index (κ3) is 5.56. The molecule has 2 amide bonds. The number of carbonyl (C=O) groups excluding carboxylic acids is 2. The monoisotopic (exact) mass is 565 g/mol. The van der Waals surface area contributed by atoms with Crippen LogP contribution in [0.15, 0.2) is 30.4 Å². The molecule has 10 heteroatoms. The van der Waals surface area contributed by atoms with Gasteiger partial charge in [-0.3, -0.25) is 9.59 Å². The first-order valence-electron chi connectivity index (χ1n) is 14.4. The minimum atomic E-state index is -1.32. The van der Waals surface area contributed by atoms with Crippen molar-refractivity contribution in [1.29, 1.82) is 0 Å². The van der Waals surface area contributed by atoms with E-state index < -0.39 is 35.4 Å². The Morgan fingerprint density at radius 2 is 1.98 bits per heavy atom. The number of rotatable bonds is 6. The minimum Gasteiger partial charge on any atom is -0.496 e. The molecule has 0 spiro atoms. The number of ether oxygens (including phenoxy) is 3. The average molecular weight is 566 g/mol. The third-order valence-corrected chi connectivity index (χ3v) is 8.70.